The molecular formula is C28H24ClF3N2O5. The maximum atomic E-state index is 14.8. The molecule has 1 aliphatic heterocycles. The molecule has 2 heterocycles. The number of ether oxygens (including phenoxy) is 2. The van der Waals surface area contributed by atoms with Crippen molar-refractivity contribution in [3.05, 3.63) is 82.4 Å². The quantitative estimate of drug-likeness (QED) is 0.329. The summed E-state index contributed by atoms with van der Waals surface area (Å²) >= 11 is 5.85. The number of pyridine rings is 1. The Labute approximate surface area is 226 Å². The Bertz CT molecular complexity index is 1370. The number of rotatable bonds is 8. The van der Waals surface area contributed by atoms with Gasteiger partial charge in [0.15, 0.2) is 5.79 Å². The number of carboxylic acids is 1. The lowest BCUT2D eigenvalue weighted by Gasteiger charge is -2.43. The van der Waals surface area contributed by atoms with Crippen LogP contribution in [0.2, 0.25) is 5.02 Å². The second-order valence-corrected chi connectivity index (χ2v) is 10.0. The summed E-state index contributed by atoms with van der Waals surface area (Å²) in [5.74, 6) is -3.68. The number of carbonyl (C=O) groups excluding carboxylic acids is 1. The van der Waals surface area contributed by atoms with Crippen molar-refractivity contribution < 1.29 is 37.3 Å². The zero-order chi connectivity index (χ0) is 27.7. The monoisotopic (exact) mass is 560 g/mol. The van der Waals surface area contributed by atoms with Crippen LogP contribution in [0.5, 0.6) is 0 Å². The van der Waals surface area contributed by atoms with Crippen molar-refractivity contribution in [2.75, 3.05) is 18.5 Å². The summed E-state index contributed by atoms with van der Waals surface area (Å²) < 4.78 is 53.4. The van der Waals surface area contributed by atoms with Crippen LogP contribution in [0.25, 0.3) is 11.1 Å². The van der Waals surface area contributed by atoms with Crippen LogP contribution in [-0.4, -0.2) is 41.0 Å². The van der Waals surface area contributed by atoms with E-state index in [2.05, 4.69) is 10.3 Å². The predicted molar refractivity (Wildman–Crippen MR) is 136 cm³/mol. The Kier molecular flexibility index (Phi) is 7.61. The van der Waals surface area contributed by atoms with Crippen LogP contribution in [-0.2, 0) is 14.3 Å². The van der Waals surface area contributed by atoms with Gasteiger partial charge in [-0.3, -0.25) is 9.78 Å². The molecule has 39 heavy (non-hydrogen) atoms. The molecule has 0 bridgehead atoms. The molecule has 204 valence electrons. The molecule has 1 unspecified atom stereocenters. The maximum absolute atomic E-state index is 14.8. The van der Waals surface area contributed by atoms with E-state index in [1.807, 2.05) is 0 Å². The highest BCUT2D eigenvalue weighted by Gasteiger charge is 2.50. The number of nitrogens with one attached hydrogen (secondary N) is 1. The highest BCUT2D eigenvalue weighted by atomic mass is 35.5. The van der Waals surface area contributed by atoms with Gasteiger partial charge in [-0.05, 0) is 48.7 Å². The number of aromatic nitrogens is 1. The van der Waals surface area contributed by atoms with E-state index in [0.717, 1.165) is 12.1 Å². The van der Waals surface area contributed by atoms with Crippen LogP contribution in [0.4, 0.5) is 18.9 Å². The third-order valence-corrected chi connectivity index (χ3v) is 7.38. The van der Waals surface area contributed by atoms with Gasteiger partial charge in [0.25, 0.3) is 6.43 Å². The lowest BCUT2D eigenvalue weighted by atomic mass is 9.73. The number of carbonyl (C=O) groups is 2. The second kappa shape index (κ2) is 11.0. The van der Waals surface area contributed by atoms with E-state index in [0.29, 0.717) is 43.9 Å². The maximum Gasteiger partial charge on any atom is 0.335 e. The number of alkyl halides is 2. The Morgan fingerprint density at radius 1 is 1.08 bits per heavy atom. The molecule has 1 atom stereocenters. The number of hydrogen-bond donors (Lipinski definition) is 2. The molecule has 1 saturated carbocycles. The molecule has 2 aliphatic rings. The number of anilines is 1. The lowest BCUT2D eigenvalue weighted by molar-refractivity contribution is -0.231. The smallest absolute Gasteiger partial charge is 0.335 e. The topological polar surface area (TPSA) is 97.8 Å². The van der Waals surface area contributed by atoms with Gasteiger partial charge in [-0.1, -0.05) is 23.7 Å². The van der Waals surface area contributed by atoms with Crippen molar-refractivity contribution in [1.29, 1.82) is 0 Å². The fourth-order valence-corrected chi connectivity index (χ4v) is 5.30. The number of nitrogens with zero attached hydrogens (tertiary/aromatic N) is 1. The van der Waals surface area contributed by atoms with Gasteiger partial charge in [0.2, 0.25) is 5.91 Å². The number of benzene rings is 2. The lowest BCUT2D eigenvalue weighted by Crippen LogP contribution is -2.45. The van der Waals surface area contributed by atoms with Crippen molar-refractivity contribution >= 4 is 29.2 Å². The third kappa shape index (κ3) is 5.63. The molecule has 5 rings (SSSR count). The second-order valence-electron chi connectivity index (χ2n) is 9.64. The molecule has 7 nitrogen and oxygen atoms in total. The SMILES string of the molecule is O=C(O)c1ccc(NC(=O)C(CC2CC3(C2)OCCO3)c2ccc(-c3c(C(F)F)ccc(Cl)c3F)cn2)cc1. The Balaban J connectivity index is 1.41. The highest BCUT2D eigenvalue weighted by Crippen LogP contribution is 2.48. The summed E-state index contributed by atoms with van der Waals surface area (Å²) in [5, 5.41) is 11.6. The van der Waals surface area contributed by atoms with E-state index in [9.17, 15) is 22.8 Å². The third-order valence-electron chi connectivity index (χ3n) is 7.09. The van der Waals surface area contributed by atoms with Gasteiger partial charge in [-0.15, -0.1) is 0 Å². The van der Waals surface area contributed by atoms with E-state index in [-0.39, 0.29) is 33.5 Å². The van der Waals surface area contributed by atoms with Gasteiger partial charge in [0.05, 0.1) is 35.4 Å². The fourth-order valence-electron chi connectivity index (χ4n) is 5.14. The summed E-state index contributed by atoms with van der Waals surface area (Å²) in [5.41, 5.74) is 0.104. The van der Waals surface area contributed by atoms with Crippen molar-refractivity contribution in [2.45, 2.75) is 37.4 Å². The van der Waals surface area contributed by atoms with Crippen LogP contribution < -0.4 is 5.32 Å². The number of halogens is 4. The molecule has 2 N–H and O–H groups in total. The molecule has 1 spiro atoms. The zero-order valence-electron chi connectivity index (χ0n) is 20.5. The molecule has 11 heteroatoms. The van der Waals surface area contributed by atoms with Crippen LogP contribution in [0.1, 0.15) is 53.2 Å². The van der Waals surface area contributed by atoms with E-state index >= 15 is 0 Å². The van der Waals surface area contributed by atoms with Crippen LogP contribution in [0, 0.1) is 11.7 Å². The first-order valence-corrected chi connectivity index (χ1v) is 12.7. The van der Waals surface area contributed by atoms with Crippen molar-refractivity contribution in [2.24, 2.45) is 5.92 Å². The number of amides is 1. The molecule has 0 radical (unpaired) electrons. The predicted octanol–water partition coefficient (Wildman–Crippen LogP) is 6.44. The molecule has 2 fully saturated rings. The molecule has 3 aromatic rings. The van der Waals surface area contributed by atoms with Gasteiger partial charge in [-0.25, -0.2) is 18.0 Å². The van der Waals surface area contributed by atoms with Crippen LogP contribution in [0.15, 0.2) is 54.7 Å². The van der Waals surface area contributed by atoms with Gasteiger partial charge in [0.1, 0.15) is 5.82 Å². The summed E-state index contributed by atoms with van der Waals surface area (Å²) in [6.07, 6.45) is -0.0263. The standard InChI is InChI=1S/C28H24ClF3N2O5/c29-21-7-6-19(25(31)32)23(24(21)30)17-3-8-22(33-14-17)20(11-15-12-28(13-15)38-9-10-39-28)26(35)34-18-4-1-16(2-5-18)27(36)37/h1-8,14-15,20,25H,9-13H2,(H,34,35)(H,36,37). The zero-order valence-corrected chi connectivity index (χ0v) is 21.3. The summed E-state index contributed by atoms with van der Waals surface area (Å²) in [4.78, 5) is 28.9. The highest BCUT2D eigenvalue weighted by molar-refractivity contribution is 6.31. The van der Waals surface area contributed by atoms with E-state index in [1.165, 1.54) is 42.6 Å². The summed E-state index contributed by atoms with van der Waals surface area (Å²) in [7, 11) is 0. The Morgan fingerprint density at radius 2 is 1.77 bits per heavy atom. The van der Waals surface area contributed by atoms with E-state index in [4.69, 9.17) is 26.2 Å². The van der Waals surface area contributed by atoms with Crippen molar-refractivity contribution in [3.63, 3.8) is 0 Å². The Morgan fingerprint density at radius 3 is 2.36 bits per heavy atom. The van der Waals surface area contributed by atoms with Gasteiger partial charge < -0.3 is 19.9 Å². The average Bonchev–Trinajstić information content (AvgIpc) is 3.39. The molecule has 1 aliphatic carbocycles. The Hall–Kier alpha value is -3.47. The molecule has 1 aromatic heterocycles. The number of aromatic carboxylic acids is 1. The molecule has 1 saturated heterocycles. The minimum absolute atomic E-state index is 0.0783. The van der Waals surface area contributed by atoms with Crippen LogP contribution >= 0.6 is 11.6 Å². The minimum Gasteiger partial charge on any atom is -0.478 e. The number of hydrogen-bond acceptors (Lipinski definition) is 5. The molecular weight excluding hydrogens is 537 g/mol. The first-order valence-electron chi connectivity index (χ1n) is 12.3. The largest absolute Gasteiger partial charge is 0.478 e. The van der Waals surface area contributed by atoms with Gasteiger partial charge in [-0.2, -0.15) is 0 Å². The van der Waals surface area contributed by atoms with E-state index < -0.39 is 35.5 Å². The fraction of sp³-hybridized carbons (Fsp3) is 0.321. The van der Waals surface area contributed by atoms with Crippen molar-refractivity contribution in [1.82, 2.24) is 4.98 Å². The van der Waals surface area contributed by atoms with E-state index in [1.54, 1.807) is 0 Å². The van der Waals surface area contributed by atoms with Gasteiger partial charge >= 0.3 is 5.97 Å². The van der Waals surface area contributed by atoms with Crippen molar-refractivity contribution in [3.8, 4) is 11.1 Å². The first kappa shape index (κ1) is 27.1. The van der Waals surface area contributed by atoms with Gasteiger partial charge in [0, 0.05) is 41.4 Å². The average molecular weight is 561 g/mol. The summed E-state index contributed by atoms with van der Waals surface area (Å²) in [6.45, 7) is 1.04. The van der Waals surface area contributed by atoms with Crippen LogP contribution in [0.3, 0.4) is 0 Å². The number of carboxylic acid groups (broad SMARTS) is 1. The molecule has 2 aromatic carbocycles. The molecule has 1 amide bonds. The minimum atomic E-state index is -2.93. The first-order chi connectivity index (χ1) is 18.7. The normalized spacial score (nSPS) is 17.3. The summed E-state index contributed by atoms with van der Waals surface area (Å²) in [6, 6.07) is 10.8.